The van der Waals surface area contributed by atoms with E-state index in [4.69, 9.17) is 23.2 Å². The van der Waals surface area contributed by atoms with Crippen LogP contribution in [-0.2, 0) is 4.79 Å². The van der Waals surface area contributed by atoms with Gasteiger partial charge >= 0.3 is 0 Å². The molecule has 0 radical (unpaired) electrons. The maximum atomic E-state index is 11.1. The van der Waals surface area contributed by atoms with Crippen molar-refractivity contribution >= 4 is 46.5 Å². The fraction of sp³-hybridized carbons (Fsp3) is 0.222. The van der Waals surface area contributed by atoms with Crippen molar-refractivity contribution in [3.63, 3.8) is 0 Å². The largest absolute Gasteiger partial charge is 0.358 e. The molecule has 0 aliphatic carbocycles. The highest BCUT2D eigenvalue weighted by Gasteiger charge is 2.11. The summed E-state index contributed by atoms with van der Waals surface area (Å²) < 4.78 is 1.66. The van der Waals surface area contributed by atoms with Crippen molar-refractivity contribution in [2.75, 3.05) is 12.8 Å². The van der Waals surface area contributed by atoms with Crippen molar-refractivity contribution in [3.8, 4) is 0 Å². The number of fused-ring (bicyclic) bond motifs is 1. The van der Waals surface area contributed by atoms with Crippen LogP contribution in [0.4, 0.5) is 0 Å². The second-order valence-corrected chi connectivity index (χ2v) is 4.93. The first-order valence-electron chi connectivity index (χ1n) is 4.65. The lowest BCUT2D eigenvalue weighted by Gasteiger charge is -2.01. The summed E-state index contributed by atoms with van der Waals surface area (Å²) >= 11 is 13.1. The van der Waals surface area contributed by atoms with E-state index in [-0.39, 0.29) is 11.7 Å². The summed E-state index contributed by atoms with van der Waals surface area (Å²) in [5.74, 6) is 0.182. The number of carbonyl (C=O) groups excluding carboxylic acids is 1. The number of hydrogen-bond acceptors (Lipinski definition) is 4. The molecule has 0 atom stereocenters. The third-order valence-electron chi connectivity index (χ3n) is 2.01. The van der Waals surface area contributed by atoms with Crippen LogP contribution < -0.4 is 5.32 Å². The van der Waals surface area contributed by atoms with Crippen LogP contribution in [0.3, 0.4) is 0 Å². The highest BCUT2D eigenvalue weighted by atomic mass is 35.5. The molecular weight excluding hydrogens is 283 g/mol. The fourth-order valence-electron chi connectivity index (χ4n) is 1.20. The molecule has 0 aliphatic rings. The summed E-state index contributed by atoms with van der Waals surface area (Å²) in [5, 5.41) is 11.9. The SMILES string of the molecule is CNC(=O)CSc1nnc2c(Cl)cc(Cl)cn12. The predicted octanol–water partition coefficient (Wildman–Crippen LogP) is 1.87. The molecule has 8 heteroatoms. The fourth-order valence-corrected chi connectivity index (χ4v) is 2.49. The van der Waals surface area contributed by atoms with Crippen molar-refractivity contribution in [3.05, 3.63) is 22.3 Å². The Morgan fingerprint density at radius 3 is 3.00 bits per heavy atom. The molecule has 2 aromatic heterocycles. The molecule has 0 aromatic carbocycles. The molecule has 1 amide bonds. The lowest BCUT2D eigenvalue weighted by atomic mass is 10.5. The Labute approximate surface area is 111 Å². The van der Waals surface area contributed by atoms with E-state index in [1.54, 1.807) is 23.7 Å². The molecule has 90 valence electrons. The highest BCUT2D eigenvalue weighted by Crippen LogP contribution is 2.24. The molecule has 17 heavy (non-hydrogen) atoms. The van der Waals surface area contributed by atoms with Crippen molar-refractivity contribution in [2.24, 2.45) is 0 Å². The standard InChI is InChI=1S/C9H8Cl2N4OS/c1-12-7(16)4-17-9-14-13-8-6(11)2-5(10)3-15(8)9/h2-3H,4H2,1H3,(H,12,16). The van der Waals surface area contributed by atoms with Gasteiger partial charge in [-0.1, -0.05) is 35.0 Å². The van der Waals surface area contributed by atoms with Gasteiger partial charge in [0.2, 0.25) is 5.91 Å². The van der Waals surface area contributed by atoms with Crippen LogP contribution in [0, 0.1) is 0 Å². The minimum atomic E-state index is -0.0834. The van der Waals surface area contributed by atoms with E-state index in [1.807, 2.05) is 0 Å². The Kier molecular flexibility index (Phi) is 3.76. The predicted molar refractivity (Wildman–Crippen MR) is 67.8 cm³/mol. The molecule has 0 spiro atoms. The monoisotopic (exact) mass is 290 g/mol. The number of rotatable bonds is 3. The van der Waals surface area contributed by atoms with Gasteiger partial charge in [-0.2, -0.15) is 0 Å². The van der Waals surface area contributed by atoms with Gasteiger partial charge in [-0.05, 0) is 6.07 Å². The summed E-state index contributed by atoms with van der Waals surface area (Å²) in [7, 11) is 1.58. The summed E-state index contributed by atoms with van der Waals surface area (Å²) in [6, 6.07) is 1.60. The van der Waals surface area contributed by atoms with Crippen LogP contribution in [-0.4, -0.2) is 33.3 Å². The number of thioether (sulfide) groups is 1. The van der Waals surface area contributed by atoms with E-state index in [0.717, 1.165) is 0 Å². The van der Waals surface area contributed by atoms with Crippen molar-refractivity contribution < 1.29 is 4.79 Å². The molecule has 2 aromatic rings. The maximum Gasteiger partial charge on any atom is 0.230 e. The van der Waals surface area contributed by atoms with Gasteiger partial charge in [-0.25, -0.2) is 0 Å². The van der Waals surface area contributed by atoms with E-state index in [0.29, 0.717) is 20.8 Å². The number of nitrogens with one attached hydrogen (secondary N) is 1. The summed E-state index contributed by atoms with van der Waals surface area (Å²) in [4.78, 5) is 11.1. The Bertz CT molecular complexity index is 571. The second kappa shape index (κ2) is 5.12. The van der Waals surface area contributed by atoms with Crippen LogP contribution in [0.1, 0.15) is 0 Å². The minimum absolute atomic E-state index is 0.0834. The van der Waals surface area contributed by atoms with Crippen LogP contribution in [0.2, 0.25) is 10.0 Å². The van der Waals surface area contributed by atoms with E-state index in [9.17, 15) is 4.79 Å². The van der Waals surface area contributed by atoms with Crippen molar-refractivity contribution in [2.45, 2.75) is 5.16 Å². The lowest BCUT2D eigenvalue weighted by Crippen LogP contribution is -2.19. The molecular formula is C9H8Cl2N4OS. The van der Waals surface area contributed by atoms with Crippen LogP contribution >= 0.6 is 35.0 Å². The van der Waals surface area contributed by atoms with E-state index >= 15 is 0 Å². The third kappa shape index (κ3) is 2.65. The number of pyridine rings is 1. The molecule has 0 saturated carbocycles. The van der Waals surface area contributed by atoms with E-state index in [2.05, 4.69) is 15.5 Å². The minimum Gasteiger partial charge on any atom is -0.358 e. The number of carbonyl (C=O) groups is 1. The molecule has 5 nitrogen and oxygen atoms in total. The van der Waals surface area contributed by atoms with Gasteiger partial charge in [0, 0.05) is 13.2 Å². The topological polar surface area (TPSA) is 59.3 Å². The van der Waals surface area contributed by atoms with Gasteiger partial charge in [-0.15, -0.1) is 10.2 Å². The van der Waals surface area contributed by atoms with E-state index < -0.39 is 0 Å². The average Bonchev–Trinajstić information content (AvgIpc) is 2.69. The zero-order valence-corrected chi connectivity index (χ0v) is 11.1. The molecule has 0 unspecified atom stereocenters. The summed E-state index contributed by atoms with van der Waals surface area (Å²) in [6.07, 6.45) is 1.66. The number of aromatic nitrogens is 3. The Balaban J connectivity index is 2.32. The van der Waals surface area contributed by atoms with Gasteiger partial charge in [0.25, 0.3) is 0 Å². The normalized spacial score (nSPS) is 10.8. The second-order valence-electron chi connectivity index (χ2n) is 3.14. The summed E-state index contributed by atoms with van der Waals surface area (Å²) in [5.41, 5.74) is 0.524. The van der Waals surface area contributed by atoms with Gasteiger partial charge < -0.3 is 5.32 Å². The van der Waals surface area contributed by atoms with Crippen LogP contribution in [0.15, 0.2) is 17.4 Å². The molecule has 2 rings (SSSR count). The van der Waals surface area contributed by atoms with Gasteiger partial charge in [0.1, 0.15) is 0 Å². The molecule has 0 saturated heterocycles. The number of amides is 1. The van der Waals surface area contributed by atoms with Gasteiger partial charge in [0.15, 0.2) is 10.8 Å². The smallest absolute Gasteiger partial charge is 0.230 e. The molecule has 0 fully saturated rings. The van der Waals surface area contributed by atoms with Gasteiger partial charge in [0.05, 0.1) is 15.8 Å². The molecule has 2 heterocycles. The van der Waals surface area contributed by atoms with Crippen molar-refractivity contribution in [1.29, 1.82) is 0 Å². The third-order valence-corrected chi connectivity index (χ3v) is 3.43. The first-order valence-corrected chi connectivity index (χ1v) is 6.39. The Hall–Kier alpha value is -0.980. The zero-order chi connectivity index (χ0) is 12.4. The molecule has 1 N–H and O–H groups in total. The van der Waals surface area contributed by atoms with E-state index in [1.165, 1.54) is 11.8 Å². The quantitative estimate of drug-likeness (QED) is 0.877. The van der Waals surface area contributed by atoms with Crippen LogP contribution in [0.25, 0.3) is 5.65 Å². The van der Waals surface area contributed by atoms with Crippen LogP contribution in [0.5, 0.6) is 0 Å². The first-order chi connectivity index (χ1) is 8.11. The first kappa shape index (κ1) is 12.5. The zero-order valence-electron chi connectivity index (χ0n) is 8.78. The number of halogens is 2. The lowest BCUT2D eigenvalue weighted by molar-refractivity contribution is -0.118. The molecule has 0 aliphatic heterocycles. The Morgan fingerprint density at radius 1 is 1.53 bits per heavy atom. The van der Waals surface area contributed by atoms with Gasteiger partial charge in [-0.3, -0.25) is 9.20 Å². The average molecular weight is 291 g/mol. The maximum absolute atomic E-state index is 11.1. The summed E-state index contributed by atoms with van der Waals surface area (Å²) in [6.45, 7) is 0. The number of hydrogen-bond donors (Lipinski definition) is 1. The van der Waals surface area contributed by atoms with Crippen molar-refractivity contribution in [1.82, 2.24) is 19.9 Å². The Morgan fingerprint density at radius 2 is 2.29 bits per heavy atom. The molecule has 0 bridgehead atoms. The number of nitrogens with zero attached hydrogens (tertiary/aromatic N) is 3. The highest BCUT2D eigenvalue weighted by molar-refractivity contribution is 7.99.